The lowest BCUT2D eigenvalue weighted by atomic mass is 10.1. The number of carbonyl (C=O) groups is 1. The van der Waals surface area contributed by atoms with Gasteiger partial charge in [-0.3, -0.25) is 4.79 Å². The fraction of sp³-hybridized carbons (Fsp3) is 0.409. The van der Waals surface area contributed by atoms with Gasteiger partial charge in [0.25, 0.3) is 0 Å². The molecule has 0 unspecified atom stereocenters. The van der Waals surface area contributed by atoms with Crippen LogP contribution in [0, 0.1) is 0 Å². The van der Waals surface area contributed by atoms with E-state index in [9.17, 15) is 4.79 Å². The van der Waals surface area contributed by atoms with Crippen LogP contribution in [0.2, 0.25) is 0 Å². The smallest absolute Gasteiger partial charge is 0.220 e. The third-order valence-corrected chi connectivity index (χ3v) is 4.06. The molecule has 0 aliphatic rings. The maximum atomic E-state index is 12.0. The van der Waals surface area contributed by atoms with E-state index in [0.29, 0.717) is 26.2 Å². The van der Waals surface area contributed by atoms with Gasteiger partial charge in [0.2, 0.25) is 5.91 Å². The van der Waals surface area contributed by atoms with Gasteiger partial charge in [0.1, 0.15) is 0 Å². The summed E-state index contributed by atoms with van der Waals surface area (Å²) in [5, 5.41) is 3.00. The Kier molecular flexibility index (Phi) is 8.53. The number of nitrogens with one attached hydrogen (secondary N) is 1. The number of hydrogen-bond acceptors (Lipinski definition) is 3. The lowest BCUT2D eigenvalue weighted by Crippen LogP contribution is -2.25. The van der Waals surface area contributed by atoms with Crippen molar-refractivity contribution in [2.45, 2.75) is 39.5 Å². The Morgan fingerprint density at radius 3 is 2.35 bits per heavy atom. The number of ether oxygens (including phenoxy) is 2. The average Bonchev–Trinajstić information content (AvgIpc) is 2.65. The van der Waals surface area contributed by atoms with Gasteiger partial charge in [0.15, 0.2) is 11.5 Å². The molecule has 1 N–H and O–H groups in total. The topological polar surface area (TPSA) is 47.6 Å². The van der Waals surface area contributed by atoms with Crippen molar-refractivity contribution < 1.29 is 14.3 Å². The van der Waals surface area contributed by atoms with E-state index in [4.69, 9.17) is 9.47 Å². The maximum absolute atomic E-state index is 12.0. The second-order valence-corrected chi connectivity index (χ2v) is 6.09. The molecule has 0 bridgehead atoms. The molecule has 0 atom stereocenters. The van der Waals surface area contributed by atoms with Crippen LogP contribution in [0.25, 0.3) is 0 Å². The Bertz CT molecular complexity index is 670. The third kappa shape index (κ3) is 6.79. The molecule has 0 heterocycles. The maximum Gasteiger partial charge on any atom is 0.220 e. The number of amides is 1. The van der Waals surface area contributed by atoms with Crippen LogP contribution in [-0.4, -0.2) is 25.7 Å². The summed E-state index contributed by atoms with van der Waals surface area (Å²) in [6.07, 6.45) is 3.14. The Labute approximate surface area is 156 Å². The predicted molar refractivity (Wildman–Crippen MR) is 105 cm³/mol. The fourth-order valence-electron chi connectivity index (χ4n) is 2.78. The van der Waals surface area contributed by atoms with Crippen LogP contribution >= 0.6 is 0 Å². The molecule has 4 heteroatoms. The molecular weight excluding hydrogens is 326 g/mol. The second kappa shape index (κ2) is 11.2. The van der Waals surface area contributed by atoms with Gasteiger partial charge in [-0.2, -0.15) is 0 Å². The first-order valence-electron chi connectivity index (χ1n) is 9.42. The Morgan fingerprint density at radius 2 is 1.62 bits per heavy atom. The highest BCUT2D eigenvalue weighted by Crippen LogP contribution is 2.28. The number of hydrogen-bond donors (Lipinski definition) is 1. The number of rotatable bonds is 11. The van der Waals surface area contributed by atoms with E-state index in [1.807, 2.05) is 50.2 Å². The summed E-state index contributed by atoms with van der Waals surface area (Å²) < 4.78 is 11.2. The number of aryl methyl sites for hydroxylation is 1. The summed E-state index contributed by atoms with van der Waals surface area (Å²) in [5.74, 6) is 1.64. The first-order valence-corrected chi connectivity index (χ1v) is 9.42. The van der Waals surface area contributed by atoms with Crippen LogP contribution in [0.4, 0.5) is 0 Å². The van der Waals surface area contributed by atoms with Crippen molar-refractivity contribution in [2.24, 2.45) is 0 Å². The van der Waals surface area contributed by atoms with E-state index in [1.165, 1.54) is 5.56 Å². The molecule has 26 heavy (non-hydrogen) atoms. The minimum absolute atomic E-state index is 0.108. The molecular formula is C22H29NO3. The highest BCUT2D eigenvalue weighted by Gasteiger charge is 2.07. The molecule has 2 aromatic carbocycles. The van der Waals surface area contributed by atoms with Gasteiger partial charge < -0.3 is 14.8 Å². The van der Waals surface area contributed by atoms with Crippen LogP contribution in [0.5, 0.6) is 11.5 Å². The molecule has 0 radical (unpaired) electrons. The second-order valence-electron chi connectivity index (χ2n) is 6.09. The first kappa shape index (κ1) is 19.8. The Balaban J connectivity index is 1.72. The zero-order chi connectivity index (χ0) is 18.6. The first-order chi connectivity index (χ1) is 12.7. The van der Waals surface area contributed by atoms with Crippen molar-refractivity contribution >= 4 is 5.91 Å². The van der Waals surface area contributed by atoms with Crippen LogP contribution in [0.15, 0.2) is 48.5 Å². The fourth-order valence-corrected chi connectivity index (χ4v) is 2.78. The van der Waals surface area contributed by atoms with Gasteiger partial charge in [-0.25, -0.2) is 0 Å². The van der Waals surface area contributed by atoms with Crippen LogP contribution < -0.4 is 14.8 Å². The van der Waals surface area contributed by atoms with Crippen LogP contribution in [0.1, 0.15) is 37.8 Å². The zero-order valence-corrected chi connectivity index (χ0v) is 15.8. The van der Waals surface area contributed by atoms with Crippen molar-refractivity contribution in [1.29, 1.82) is 0 Å². The van der Waals surface area contributed by atoms with E-state index in [1.54, 1.807) is 0 Å². The number of carbonyl (C=O) groups excluding carboxylic acids is 1. The van der Waals surface area contributed by atoms with Gasteiger partial charge in [0, 0.05) is 13.0 Å². The quantitative estimate of drug-likeness (QED) is 0.658. The molecule has 0 fully saturated rings. The Morgan fingerprint density at radius 1 is 0.885 bits per heavy atom. The highest BCUT2D eigenvalue weighted by molar-refractivity contribution is 5.75. The van der Waals surface area contributed by atoms with Crippen molar-refractivity contribution in [1.82, 2.24) is 5.32 Å². The molecule has 4 nitrogen and oxygen atoms in total. The molecule has 2 aromatic rings. The molecule has 0 aromatic heterocycles. The summed E-state index contributed by atoms with van der Waals surface area (Å²) in [6.45, 7) is 5.75. The third-order valence-electron chi connectivity index (χ3n) is 4.06. The lowest BCUT2D eigenvalue weighted by molar-refractivity contribution is -0.121. The van der Waals surface area contributed by atoms with Crippen molar-refractivity contribution in [3.05, 3.63) is 59.7 Å². The largest absolute Gasteiger partial charge is 0.490 e. The van der Waals surface area contributed by atoms with E-state index in [0.717, 1.165) is 36.3 Å². The molecule has 0 aliphatic heterocycles. The van der Waals surface area contributed by atoms with Gasteiger partial charge >= 0.3 is 0 Å². The molecule has 0 spiro atoms. The monoisotopic (exact) mass is 355 g/mol. The van der Waals surface area contributed by atoms with E-state index in [2.05, 4.69) is 17.4 Å². The van der Waals surface area contributed by atoms with E-state index in [-0.39, 0.29) is 5.91 Å². The van der Waals surface area contributed by atoms with Crippen LogP contribution in [0.3, 0.4) is 0 Å². The highest BCUT2D eigenvalue weighted by atomic mass is 16.5. The van der Waals surface area contributed by atoms with Crippen LogP contribution in [-0.2, 0) is 17.6 Å². The van der Waals surface area contributed by atoms with E-state index < -0.39 is 0 Å². The zero-order valence-electron chi connectivity index (χ0n) is 15.8. The number of benzene rings is 2. The molecule has 0 saturated carbocycles. The average molecular weight is 355 g/mol. The van der Waals surface area contributed by atoms with Gasteiger partial charge in [-0.05, 0) is 56.4 Å². The standard InChI is InChI=1S/C22H29NO3/c1-3-25-20-14-13-19(17-21(20)26-4-2)15-16-23-22(24)12-8-11-18-9-6-5-7-10-18/h5-7,9-10,13-14,17H,3-4,8,11-12,15-16H2,1-2H3,(H,23,24). The molecule has 0 saturated heterocycles. The Hall–Kier alpha value is -2.49. The minimum atomic E-state index is 0.108. The van der Waals surface area contributed by atoms with Gasteiger partial charge in [-0.15, -0.1) is 0 Å². The normalized spacial score (nSPS) is 10.4. The summed E-state index contributed by atoms with van der Waals surface area (Å²) in [6, 6.07) is 16.2. The summed E-state index contributed by atoms with van der Waals surface area (Å²) in [4.78, 5) is 12.0. The molecule has 140 valence electrons. The van der Waals surface area contributed by atoms with E-state index >= 15 is 0 Å². The molecule has 2 rings (SSSR count). The summed E-state index contributed by atoms with van der Waals surface area (Å²) in [5.41, 5.74) is 2.40. The van der Waals surface area contributed by atoms with Crippen molar-refractivity contribution in [3.8, 4) is 11.5 Å². The van der Waals surface area contributed by atoms with Gasteiger partial charge in [-0.1, -0.05) is 36.4 Å². The SMILES string of the molecule is CCOc1ccc(CCNC(=O)CCCc2ccccc2)cc1OCC. The minimum Gasteiger partial charge on any atom is -0.490 e. The summed E-state index contributed by atoms with van der Waals surface area (Å²) in [7, 11) is 0. The summed E-state index contributed by atoms with van der Waals surface area (Å²) >= 11 is 0. The lowest BCUT2D eigenvalue weighted by Gasteiger charge is -2.12. The van der Waals surface area contributed by atoms with Crippen molar-refractivity contribution in [3.63, 3.8) is 0 Å². The molecule has 0 aliphatic carbocycles. The molecule has 1 amide bonds. The van der Waals surface area contributed by atoms with Crippen molar-refractivity contribution in [2.75, 3.05) is 19.8 Å². The van der Waals surface area contributed by atoms with Gasteiger partial charge in [0.05, 0.1) is 13.2 Å². The predicted octanol–water partition coefficient (Wildman–Crippen LogP) is 4.17.